The maximum absolute atomic E-state index is 12.7. The number of anilines is 1. The van der Waals surface area contributed by atoms with Crippen LogP contribution in [0.5, 0.6) is 0 Å². The molecule has 2 amide bonds. The van der Waals surface area contributed by atoms with Gasteiger partial charge in [-0.05, 0) is 73.0 Å². The highest BCUT2D eigenvalue weighted by Crippen LogP contribution is 2.22. The topological polar surface area (TPSA) is 104 Å². The van der Waals surface area contributed by atoms with Crippen LogP contribution >= 0.6 is 0 Å². The Morgan fingerprint density at radius 3 is 2.03 bits per heavy atom. The molecule has 32 heavy (non-hydrogen) atoms. The standard InChI is InChI=1S/C24H25N3O4S/c1-16-5-4-6-22(17(16)2)27-32(30,31)21-13-11-20(12-14-21)24(29)26-15-18-7-9-19(10-8-18)23(28)25-3/h4-14,27H,15H2,1-3H3,(H,25,28)(H,26,29). The SMILES string of the molecule is CNC(=O)c1ccc(CNC(=O)c2ccc(S(=O)(=O)Nc3cccc(C)c3C)cc2)cc1. The molecule has 7 nitrogen and oxygen atoms in total. The van der Waals surface area contributed by atoms with Crippen molar-refractivity contribution in [1.29, 1.82) is 0 Å². The van der Waals surface area contributed by atoms with Gasteiger partial charge < -0.3 is 10.6 Å². The lowest BCUT2D eigenvalue weighted by Gasteiger charge is -2.12. The summed E-state index contributed by atoms with van der Waals surface area (Å²) in [5.41, 5.74) is 4.08. The van der Waals surface area contributed by atoms with Crippen molar-refractivity contribution in [2.45, 2.75) is 25.3 Å². The number of benzene rings is 3. The maximum Gasteiger partial charge on any atom is 0.261 e. The molecule has 0 heterocycles. The molecule has 3 N–H and O–H groups in total. The molecular weight excluding hydrogens is 426 g/mol. The number of aryl methyl sites for hydroxylation is 1. The van der Waals surface area contributed by atoms with Gasteiger partial charge in [0.25, 0.3) is 21.8 Å². The highest BCUT2D eigenvalue weighted by atomic mass is 32.2. The number of rotatable bonds is 7. The van der Waals surface area contributed by atoms with E-state index in [2.05, 4.69) is 15.4 Å². The predicted octanol–water partition coefficient (Wildman–Crippen LogP) is 3.39. The lowest BCUT2D eigenvalue weighted by atomic mass is 10.1. The number of hydrogen-bond acceptors (Lipinski definition) is 4. The molecule has 0 aromatic heterocycles. The van der Waals surface area contributed by atoms with Crippen LogP contribution < -0.4 is 15.4 Å². The zero-order valence-corrected chi connectivity index (χ0v) is 18.9. The van der Waals surface area contributed by atoms with Crippen molar-refractivity contribution in [2.75, 3.05) is 11.8 Å². The molecule has 0 spiro atoms. The van der Waals surface area contributed by atoms with Crippen molar-refractivity contribution in [1.82, 2.24) is 10.6 Å². The molecule has 0 aliphatic rings. The Morgan fingerprint density at radius 2 is 1.41 bits per heavy atom. The van der Waals surface area contributed by atoms with Crippen LogP contribution in [-0.2, 0) is 16.6 Å². The van der Waals surface area contributed by atoms with Gasteiger partial charge in [-0.1, -0.05) is 24.3 Å². The summed E-state index contributed by atoms with van der Waals surface area (Å²) < 4.78 is 28.0. The van der Waals surface area contributed by atoms with Crippen LogP contribution in [0.15, 0.2) is 71.6 Å². The lowest BCUT2D eigenvalue weighted by molar-refractivity contribution is 0.0946. The molecule has 0 fully saturated rings. The molecule has 0 bridgehead atoms. The zero-order chi connectivity index (χ0) is 23.3. The third kappa shape index (κ3) is 5.33. The molecule has 0 atom stereocenters. The first-order valence-corrected chi connectivity index (χ1v) is 11.5. The van der Waals surface area contributed by atoms with Crippen LogP contribution in [0.25, 0.3) is 0 Å². The zero-order valence-electron chi connectivity index (χ0n) is 18.1. The second kappa shape index (κ2) is 9.65. The van der Waals surface area contributed by atoms with Gasteiger partial charge >= 0.3 is 0 Å². The molecule has 0 saturated carbocycles. The Bertz CT molecular complexity index is 1240. The number of sulfonamides is 1. The number of nitrogens with one attached hydrogen (secondary N) is 3. The van der Waals surface area contributed by atoms with Crippen molar-refractivity contribution in [2.24, 2.45) is 0 Å². The van der Waals surface area contributed by atoms with Crippen molar-refractivity contribution >= 4 is 27.5 Å². The van der Waals surface area contributed by atoms with E-state index >= 15 is 0 Å². The molecule has 0 radical (unpaired) electrons. The van der Waals surface area contributed by atoms with Gasteiger partial charge in [-0.15, -0.1) is 0 Å². The van der Waals surface area contributed by atoms with E-state index in [0.717, 1.165) is 16.7 Å². The van der Waals surface area contributed by atoms with Crippen LogP contribution in [-0.4, -0.2) is 27.3 Å². The van der Waals surface area contributed by atoms with E-state index in [1.807, 2.05) is 19.9 Å². The van der Waals surface area contributed by atoms with E-state index in [0.29, 0.717) is 16.8 Å². The fraction of sp³-hybridized carbons (Fsp3) is 0.167. The molecular formula is C24H25N3O4S. The first-order valence-electron chi connectivity index (χ1n) is 9.99. The summed E-state index contributed by atoms with van der Waals surface area (Å²) in [6.07, 6.45) is 0. The Morgan fingerprint density at radius 1 is 0.812 bits per heavy atom. The highest BCUT2D eigenvalue weighted by Gasteiger charge is 2.16. The summed E-state index contributed by atoms with van der Waals surface area (Å²) in [6, 6.07) is 18.1. The van der Waals surface area contributed by atoms with Gasteiger partial charge in [0, 0.05) is 24.7 Å². The molecule has 166 valence electrons. The summed E-state index contributed by atoms with van der Waals surface area (Å²) in [7, 11) is -2.22. The minimum Gasteiger partial charge on any atom is -0.355 e. The average Bonchev–Trinajstić information content (AvgIpc) is 2.80. The molecule has 3 rings (SSSR count). The molecule has 0 aliphatic carbocycles. The summed E-state index contributed by atoms with van der Waals surface area (Å²) in [4.78, 5) is 24.1. The Hall–Kier alpha value is -3.65. The Balaban J connectivity index is 1.65. The monoisotopic (exact) mass is 451 g/mol. The van der Waals surface area contributed by atoms with Gasteiger partial charge in [0.1, 0.15) is 0 Å². The van der Waals surface area contributed by atoms with Gasteiger partial charge in [-0.3, -0.25) is 14.3 Å². The van der Waals surface area contributed by atoms with Crippen molar-refractivity contribution < 1.29 is 18.0 Å². The van der Waals surface area contributed by atoms with Gasteiger partial charge in [0.05, 0.1) is 10.6 Å². The van der Waals surface area contributed by atoms with Crippen LogP contribution in [0.2, 0.25) is 0 Å². The number of hydrogen-bond donors (Lipinski definition) is 3. The third-order valence-electron chi connectivity index (χ3n) is 5.17. The van der Waals surface area contributed by atoms with Crippen molar-refractivity contribution in [3.05, 3.63) is 94.5 Å². The summed E-state index contributed by atoms with van der Waals surface area (Å²) in [5, 5.41) is 5.34. The van der Waals surface area contributed by atoms with Gasteiger partial charge in [-0.25, -0.2) is 8.42 Å². The van der Waals surface area contributed by atoms with Crippen LogP contribution in [0.1, 0.15) is 37.4 Å². The molecule has 3 aromatic carbocycles. The number of carbonyl (C=O) groups excluding carboxylic acids is 2. The minimum absolute atomic E-state index is 0.0692. The highest BCUT2D eigenvalue weighted by molar-refractivity contribution is 7.92. The second-order valence-electron chi connectivity index (χ2n) is 7.34. The van der Waals surface area contributed by atoms with Crippen molar-refractivity contribution in [3.8, 4) is 0 Å². The fourth-order valence-electron chi connectivity index (χ4n) is 3.05. The number of amides is 2. The van der Waals surface area contributed by atoms with Crippen LogP contribution in [0.4, 0.5) is 5.69 Å². The summed E-state index contributed by atoms with van der Waals surface area (Å²) in [6.45, 7) is 4.05. The van der Waals surface area contributed by atoms with Crippen molar-refractivity contribution in [3.63, 3.8) is 0 Å². The van der Waals surface area contributed by atoms with Gasteiger partial charge in [0.15, 0.2) is 0 Å². The Kier molecular flexibility index (Phi) is 6.95. The predicted molar refractivity (Wildman–Crippen MR) is 124 cm³/mol. The first kappa shape index (κ1) is 23.0. The fourth-order valence-corrected chi connectivity index (χ4v) is 4.18. The largest absolute Gasteiger partial charge is 0.355 e. The van der Waals surface area contributed by atoms with E-state index in [1.54, 1.807) is 43.4 Å². The lowest BCUT2D eigenvalue weighted by Crippen LogP contribution is -2.23. The summed E-state index contributed by atoms with van der Waals surface area (Å²) >= 11 is 0. The van der Waals surface area contributed by atoms with Crippen LogP contribution in [0, 0.1) is 13.8 Å². The summed E-state index contributed by atoms with van der Waals surface area (Å²) in [5.74, 6) is -0.505. The smallest absolute Gasteiger partial charge is 0.261 e. The third-order valence-corrected chi connectivity index (χ3v) is 6.55. The van der Waals surface area contributed by atoms with Gasteiger partial charge in [0.2, 0.25) is 0 Å². The van der Waals surface area contributed by atoms with Gasteiger partial charge in [-0.2, -0.15) is 0 Å². The second-order valence-corrected chi connectivity index (χ2v) is 9.02. The van der Waals surface area contributed by atoms with E-state index < -0.39 is 10.0 Å². The molecule has 0 saturated heterocycles. The molecule has 3 aromatic rings. The quantitative estimate of drug-likeness (QED) is 0.512. The van der Waals surface area contributed by atoms with E-state index in [1.165, 1.54) is 24.3 Å². The molecule has 8 heteroatoms. The van der Waals surface area contributed by atoms with Crippen LogP contribution in [0.3, 0.4) is 0 Å². The number of carbonyl (C=O) groups is 2. The van der Waals surface area contributed by atoms with E-state index in [4.69, 9.17) is 0 Å². The maximum atomic E-state index is 12.7. The average molecular weight is 452 g/mol. The molecule has 0 aliphatic heterocycles. The normalized spacial score (nSPS) is 11.0. The minimum atomic E-state index is -3.78. The van der Waals surface area contributed by atoms with E-state index in [-0.39, 0.29) is 23.3 Å². The molecule has 0 unspecified atom stereocenters. The first-order chi connectivity index (χ1) is 15.2. The van der Waals surface area contributed by atoms with E-state index in [9.17, 15) is 18.0 Å². The Labute approximate surface area is 187 Å².